The van der Waals surface area contributed by atoms with Gasteiger partial charge in [-0.25, -0.2) is 0 Å². The lowest BCUT2D eigenvalue weighted by molar-refractivity contribution is -0.211. The summed E-state index contributed by atoms with van der Waals surface area (Å²) in [7, 11) is 0. The SMILES string of the molecule is CC(=O)O[C@H]1[C@H](C(F)(F)Cl)[C@H](Sc2ccccc2)OC[C@H]1OC(C)=O. The number of hydrogen-bond donors (Lipinski definition) is 0. The quantitative estimate of drug-likeness (QED) is 0.563. The van der Waals surface area contributed by atoms with Crippen molar-refractivity contribution in [2.24, 2.45) is 5.92 Å². The highest BCUT2D eigenvalue weighted by molar-refractivity contribution is 7.99. The molecule has 5 nitrogen and oxygen atoms in total. The Balaban J connectivity index is 2.31. The van der Waals surface area contributed by atoms with E-state index in [0.29, 0.717) is 4.90 Å². The number of esters is 2. The van der Waals surface area contributed by atoms with Gasteiger partial charge in [-0.05, 0) is 23.7 Å². The van der Waals surface area contributed by atoms with Crippen molar-refractivity contribution in [1.82, 2.24) is 0 Å². The Kier molecular flexibility index (Phi) is 6.65. The van der Waals surface area contributed by atoms with E-state index in [0.717, 1.165) is 25.6 Å². The first kappa shape index (κ1) is 19.9. The minimum Gasteiger partial charge on any atom is -0.458 e. The van der Waals surface area contributed by atoms with E-state index in [9.17, 15) is 18.4 Å². The number of ether oxygens (including phenoxy) is 3. The third-order valence-electron chi connectivity index (χ3n) is 3.43. The smallest absolute Gasteiger partial charge is 0.331 e. The minimum atomic E-state index is -3.74. The zero-order valence-electron chi connectivity index (χ0n) is 13.5. The van der Waals surface area contributed by atoms with Crippen LogP contribution in [0.15, 0.2) is 35.2 Å². The molecule has 0 aromatic heterocycles. The van der Waals surface area contributed by atoms with Crippen LogP contribution in [0.2, 0.25) is 0 Å². The van der Waals surface area contributed by atoms with Gasteiger partial charge in [0.2, 0.25) is 0 Å². The van der Waals surface area contributed by atoms with Gasteiger partial charge in [0, 0.05) is 18.7 Å². The van der Waals surface area contributed by atoms with E-state index < -0.39 is 40.9 Å². The fourth-order valence-corrected chi connectivity index (χ4v) is 4.03. The molecule has 0 radical (unpaired) electrons. The van der Waals surface area contributed by atoms with Crippen molar-refractivity contribution in [3.8, 4) is 0 Å². The maximum Gasteiger partial charge on any atom is 0.331 e. The largest absolute Gasteiger partial charge is 0.458 e. The standard InChI is InChI=1S/C16H17ClF2O5S/c1-9(20)23-12-8-22-15(25-11-6-4-3-5-7-11)13(16(17,18)19)14(12)24-10(2)21/h3-7,12-15H,8H2,1-2H3/t12-,13+,14-,15+/m1/s1. The summed E-state index contributed by atoms with van der Waals surface area (Å²) in [5, 5.41) is -3.74. The van der Waals surface area contributed by atoms with E-state index in [1.807, 2.05) is 0 Å². The van der Waals surface area contributed by atoms with Gasteiger partial charge in [0.25, 0.3) is 0 Å². The molecule has 1 aliphatic heterocycles. The molecule has 0 unspecified atom stereocenters. The molecule has 2 rings (SSSR count). The van der Waals surface area contributed by atoms with Crippen LogP contribution in [0.5, 0.6) is 0 Å². The van der Waals surface area contributed by atoms with Gasteiger partial charge in [-0.15, -0.1) is 0 Å². The second-order valence-electron chi connectivity index (χ2n) is 5.42. The van der Waals surface area contributed by atoms with Crippen LogP contribution in [0.25, 0.3) is 0 Å². The van der Waals surface area contributed by atoms with E-state index in [-0.39, 0.29) is 6.61 Å². The summed E-state index contributed by atoms with van der Waals surface area (Å²) in [5.74, 6) is -3.18. The van der Waals surface area contributed by atoms with Crippen LogP contribution >= 0.6 is 23.4 Å². The minimum absolute atomic E-state index is 0.189. The Labute approximate surface area is 152 Å². The molecule has 1 aromatic rings. The summed E-state index contributed by atoms with van der Waals surface area (Å²) in [6.07, 6.45) is -2.59. The Hall–Kier alpha value is -1.38. The molecule has 1 aromatic carbocycles. The molecule has 0 saturated carbocycles. The Morgan fingerprint density at radius 1 is 1.20 bits per heavy atom. The van der Waals surface area contributed by atoms with E-state index in [1.165, 1.54) is 0 Å². The van der Waals surface area contributed by atoms with Crippen molar-refractivity contribution in [3.05, 3.63) is 30.3 Å². The van der Waals surface area contributed by atoms with E-state index >= 15 is 0 Å². The zero-order valence-corrected chi connectivity index (χ0v) is 15.1. The van der Waals surface area contributed by atoms with Gasteiger partial charge in [0.1, 0.15) is 11.4 Å². The average Bonchev–Trinajstić information content (AvgIpc) is 2.48. The average molecular weight is 395 g/mol. The van der Waals surface area contributed by atoms with Crippen molar-refractivity contribution in [1.29, 1.82) is 0 Å². The number of carbonyl (C=O) groups excluding carboxylic acids is 2. The van der Waals surface area contributed by atoms with Gasteiger partial charge in [0.05, 0.1) is 6.61 Å². The molecule has 1 saturated heterocycles. The highest BCUT2D eigenvalue weighted by atomic mass is 35.5. The summed E-state index contributed by atoms with van der Waals surface area (Å²) < 4.78 is 43.7. The summed E-state index contributed by atoms with van der Waals surface area (Å²) in [4.78, 5) is 23.3. The van der Waals surface area contributed by atoms with Crippen molar-refractivity contribution < 1.29 is 32.6 Å². The first-order valence-corrected chi connectivity index (χ1v) is 8.68. The van der Waals surface area contributed by atoms with Crippen LogP contribution in [-0.2, 0) is 23.8 Å². The Bertz CT molecular complexity index is 610. The monoisotopic (exact) mass is 394 g/mol. The molecule has 9 heteroatoms. The first-order valence-electron chi connectivity index (χ1n) is 7.43. The second-order valence-corrected chi connectivity index (χ2v) is 7.10. The number of rotatable bonds is 5. The molecule has 0 N–H and O–H groups in total. The summed E-state index contributed by atoms with van der Waals surface area (Å²) in [6, 6.07) is 8.76. The molecule has 0 aliphatic carbocycles. The molecule has 1 fully saturated rings. The lowest BCUT2D eigenvalue weighted by atomic mass is 9.95. The van der Waals surface area contributed by atoms with Crippen molar-refractivity contribution in [2.45, 2.75) is 41.8 Å². The summed E-state index contributed by atoms with van der Waals surface area (Å²) in [5.41, 5.74) is -1.09. The van der Waals surface area contributed by atoms with Crippen LogP contribution in [0.3, 0.4) is 0 Å². The van der Waals surface area contributed by atoms with Gasteiger partial charge in [-0.1, -0.05) is 30.0 Å². The van der Waals surface area contributed by atoms with Gasteiger partial charge in [-0.2, -0.15) is 8.78 Å². The third kappa shape index (κ3) is 5.55. The Morgan fingerprint density at radius 2 is 1.80 bits per heavy atom. The fraction of sp³-hybridized carbons (Fsp3) is 0.500. The van der Waals surface area contributed by atoms with Crippen LogP contribution in [0.1, 0.15) is 13.8 Å². The maximum atomic E-state index is 14.1. The molecular formula is C16H17ClF2O5S. The number of halogens is 3. The molecule has 0 amide bonds. The topological polar surface area (TPSA) is 61.8 Å². The van der Waals surface area contributed by atoms with Crippen LogP contribution in [0, 0.1) is 5.92 Å². The lowest BCUT2D eigenvalue weighted by Crippen LogP contribution is -2.56. The van der Waals surface area contributed by atoms with Gasteiger partial charge < -0.3 is 14.2 Å². The summed E-state index contributed by atoms with van der Waals surface area (Å²) >= 11 is 6.33. The second kappa shape index (κ2) is 8.33. The van der Waals surface area contributed by atoms with Gasteiger partial charge in [0.15, 0.2) is 12.2 Å². The number of hydrogen-bond acceptors (Lipinski definition) is 6. The molecule has 0 bridgehead atoms. The number of carbonyl (C=O) groups is 2. The van der Waals surface area contributed by atoms with Crippen LogP contribution < -0.4 is 0 Å². The molecular weight excluding hydrogens is 378 g/mol. The van der Waals surface area contributed by atoms with Crippen LogP contribution in [0.4, 0.5) is 8.78 Å². The zero-order chi connectivity index (χ0) is 18.6. The number of thioether (sulfide) groups is 1. The molecule has 25 heavy (non-hydrogen) atoms. The highest BCUT2D eigenvalue weighted by Crippen LogP contribution is 2.45. The van der Waals surface area contributed by atoms with Crippen molar-refractivity contribution >= 4 is 35.3 Å². The van der Waals surface area contributed by atoms with E-state index in [4.69, 9.17) is 25.8 Å². The first-order chi connectivity index (χ1) is 11.7. The fourth-order valence-electron chi connectivity index (χ4n) is 2.51. The molecule has 4 atom stereocenters. The molecule has 138 valence electrons. The lowest BCUT2D eigenvalue weighted by Gasteiger charge is -2.42. The van der Waals surface area contributed by atoms with E-state index in [1.54, 1.807) is 30.3 Å². The highest BCUT2D eigenvalue weighted by Gasteiger charge is 2.56. The van der Waals surface area contributed by atoms with Crippen molar-refractivity contribution in [3.63, 3.8) is 0 Å². The number of benzene rings is 1. The van der Waals surface area contributed by atoms with E-state index in [2.05, 4.69) is 0 Å². The van der Waals surface area contributed by atoms with Crippen molar-refractivity contribution in [2.75, 3.05) is 6.61 Å². The predicted octanol–water partition coefficient (Wildman–Crippen LogP) is 3.45. The Morgan fingerprint density at radius 3 is 2.32 bits per heavy atom. The van der Waals surface area contributed by atoms with Gasteiger partial charge >= 0.3 is 17.3 Å². The molecule has 1 aliphatic rings. The van der Waals surface area contributed by atoms with Gasteiger partial charge in [-0.3, -0.25) is 9.59 Å². The molecule has 0 spiro atoms. The summed E-state index contributed by atoms with van der Waals surface area (Å²) in [6.45, 7) is 2.03. The number of alkyl halides is 3. The normalized spacial score (nSPS) is 26.8. The third-order valence-corrected chi connectivity index (χ3v) is 4.89. The molecule has 1 heterocycles. The predicted molar refractivity (Wildman–Crippen MR) is 87.4 cm³/mol. The van der Waals surface area contributed by atoms with Crippen LogP contribution in [-0.4, -0.2) is 41.6 Å². The maximum absolute atomic E-state index is 14.1.